The van der Waals surface area contributed by atoms with Crippen LogP contribution in [0.1, 0.15) is 66.0 Å². The molecule has 0 bridgehead atoms. The molecule has 0 fully saturated rings. The van der Waals surface area contributed by atoms with Crippen LogP contribution in [0, 0.1) is 27.7 Å². The average molecular weight is 423 g/mol. The SMILES string of the molecule is CC(=O)Oc1c(C)cc(C(c2cc(C)c(OC(C)=O)c(C)c2)C2CCC=CO2)cc1C. The van der Waals surface area contributed by atoms with Gasteiger partial charge in [0.2, 0.25) is 0 Å². The molecule has 2 aromatic carbocycles. The maximum Gasteiger partial charge on any atom is 0.308 e. The summed E-state index contributed by atoms with van der Waals surface area (Å²) in [5.74, 6) is 0.540. The van der Waals surface area contributed by atoms with E-state index < -0.39 is 0 Å². The van der Waals surface area contributed by atoms with E-state index in [-0.39, 0.29) is 24.0 Å². The Balaban J connectivity index is 2.11. The van der Waals surface area contributed by atoms with Crippen molar-refractivity contribution in [3.8, 4) is 11.5 Å². The van der Waals surface area contributed by atoms with Crippen LogP contribution in [-0.2, 0) is 14.3 Å². The molecule has 0 amide bonds. The second-order valence-corrected chi connectivity index (χ2v) is 8.26. The minimum absolute atomic E-state index is 0.0162. The first kappa shape index (κ1) is 22.6. The Kier molecular flexibility index (Phi) is 6.84. The highest BCUT2D eigenvalue weighted by Gasteiger charge is 2.29. The molecular formula is C26H30O5. The normalized spacial score (nSPS) is 15.5. The zero-order valence-electron chi connectivity index (χ0n) is 19.1. The van der Waals surface area contributed by atoms with Gasteiger partial charge in [0.05, 0.1) is 6.26 Å². The second-order valence-electron chi connectivity index (χ2n) is 8.26. The fraction of sp³-hybridized carbons (Fsp3) is 0.385. The first-order chi connectivity index (χ1) is 14.7. The van der Waals surface area contributed by atoms with Crippen molar-refractivity contribution in [2.75, 3.05) is 0 Å². The van der Waals surface area contributed by atoms with Crippen molar-refractivity contribution in [3.05, 3.63) is 70.0 Å². The quantitative estimate of drug-likeness (QED) is 0.464. The van der Waals surface area contributed by atoms with Crippen molar-refractivity contribution >= 4 is 11.9 Å². The monoisotopic (exact) mass is 422 g/mol. The van der Waals surface area contributed by atoms with E-state index in [9.17, 15) is 9.59 Å². The molecule has 5 nitrogen and oxygen atoms in total. The highest BCUT2D eigenvalue weighted by molar-refractivity contribution is 5.71. The Morgan fingerprint density at radius 2 is 1.26 bits per heavy atom. The first-order valence-electron chi connectivity index (χ1n) is 10.6. The van der Waals surface area contributed by atoms with Gasteiger partial charge in [-0.15, -0.1) is 0 Å². The van der Waals surface area contributed by atoms with Crippen molar-refractivity contribution in [3.63, 3.8) is 0 Å². The van der Waals surface area contributed by atoms with Crippen LogP contribution < -0.4 is 9.47 Å². The van der Waals surface area contributed by atoms with Crippen LogP contribution >= 0.6 is 0 Å². The Morgan fingerprint density at radius 3 is 1.58 bits per heavy atom. The third-order valence-corrected chi connectivity index (χ3v) is 5.51. The molecule has 1 atom stereocenters. The summed E-state index contributed by atoms with van der Waals surface area (Å²) in [6.45, 7) is 10.6. The van der Waals surface area contributed by atoms with Crippen LogP contribution in [-0.4, -0.2) is 18.0 Å². The Labute approximate surface area is 184 Å². The molecule has 0 N–H and O–H groups in total. The number of benzene rings is 2. The van der Waals surface area contributed by atoms with Crippen molar-refractivity contribution in [1.82, 2.24) is 0 Å². The van der Waals surface area contributed by atoms with Gasteiger partial charge >= 0.3 is 11.9 Å². The topological polar surface area (TPSA) is 61.8 Å². The van der Waals surface area contributed by atoms with Crippen molar-refractivity contribution < 1.29 is 23.8 Å². The molecule has 164 valence electrons. The van der Waals surface area contributed by atoms with E-state index in [0.29, 0.717) is 11.5 Å². The molecule has 0 radical (unpaired) electrons. The third-order valence-electron chi connectivity index (χ3n) is 5.51. The van der Waals surface area contributed by atoms with Gasteiger partial charge in [-0.1, -0.05) is 24.3 Å². The summed E-state index contributed by atoms with van der Waals surface area (Å²) >= 11 is 0. The van der Waals surface area contributed by atoms with E-state index in [1.807, 2.05) is 33.8 Å². The lowest BCUT2D eigenvalue weighted by Gasteiger charge is -2.31. The Morgan fingerprint density at radius 1 is 0.839 bits per heavy atom. The molecule has 1 unspecified atom stereocenters. The van der Waals surface area contributed by atoms with Crippen LogP contribution in [0.3, 0.4) is 0 Å². The van der Waals surface area contributed by atoms with E-state index in [1.54, 1.807) is 6.26 Å². The maximum absolute atomic E-state index is 11.5. The maximum atomic E-state index is 11.5. The van der Waals surface area contributed by atoms with Crippen LogP contribution in [0.2, 0.25) is 0 Å². The highest BCUT2D eigenvalue weighted by Crippen LogP contribution is 2.39. The van der Waals surface area contributed by atoms with Gasteiger partial charge < -0.3 is 14.2 Å². The lowest BCUT2D eigenvalue weighted by molar-refractivity contribution is -0.132. The molecule has 1 aliphatic heterocycles. The van der Waals surface area contributed by atoms with Gasteiger partial charge in [-0.3, -0.25) is 9.59 Å². The summed E-state index contributed by atoms with van der Waals surface area (Å²) in [6, 6.07) is 8.29. The number of allylic oxidation sites excluding steroid dienone is 1. The summed E-state index contributed by atoms with van der Waals surface area (Å²) in [5, 5.41) is 0. The summed E-state index contributed by atoms with van der Waals surface area (Å²) in [4.78, 5) is 23.0. The van der Waals surface area contributed by atoms with E-state index in [4.69, 9.17) is 14.2 Å². The summed E-state index contributed by atoms with van der Waals surface area (Å²) in [6.07, 6.45) is 5.64. The molecule has 0 aliphatic carbocycles. The number of esters is 2. The van der Waals surface area contributed by atoms with Crippen LogP contribution in [0.4, 0.5) is 0 Å². The molecule has 3 rings (SSSR count). The van der Waals surface area contributed by atoms with Gasteiger partial charge in [0.15, 0.2) is 0 Å². The Hall–Kier alpha value is -3.08. The lowest BCUT2D eigenvalue weighted by atomic mass is 9.81. The molecule has 0 saturated heterocycles. The number of carbonyl (C=O) groups is 2. The minimum Gasteiger partial charge on any atom is -0.497 e. The first-order valence-corrected chi connectivity index (χ1v) is 10.6. The van der Waals surface area contributed by atoms with Gasteiger partial charge in [0, 0.05) is 19.8 Å². The third kappa shape index (κ3) is 5.16. The van der Waals surface area contributed by atoms with Crippen molar-refractivity contribution in [1.29, 1.82) is 0 Å². The number of ether oxygens (including phenoxy) is 3. The number of rotatable bonds is 5. The van der Waals surface area contributed by atoms with Gasteiger partial charge in [-0.25, -0.2) is 0 Å². The van der Waals surface area contributed by atoms with Gasteiger partial charge in [-0.05, 0) is 80.0 Å². The number of carbonyl (C=O) groups excluding carboxylic acids is 2. The van der Waals surface area contributed by atoms with Crippen LogP contribution in [0.25, 0.3) is 0 Å². The number of aryl methyl sites for hydroxylation is 4. The molecule has 1 heterocycles. The highest BCUT2D eigenvalue weighted by atomic mass is 16.5. The average Bonchev–Trinajstić information content (AvgIpc) is 2.68. The van der Waals surface area contributed by atoms with Gasteiger partial charge in [0.25, 0.3) is 0 Å². The van der Waals surface area contributed by atoms with E-state index in [0.717, 1.165) is 46.2 Å². The molecule has 5 heteroatoms. The predicted octanol–water partition coefficient (Wildman–Crippen LogP) is 5.60. The van der Waals surface area contributed by atoms with E-state index >= 15 is 0 Å². The summed E-state index contributed by atoms with van der Waals surface area (Å²) in [5.41, 5.74) is 5.84. The van der Waals surface area contributed by atoms with Gasteiger partial charge in [0.1, 0.15) is 17.6 Å². The molecular weight excluding hydrogens is 392 g/mol. The van der Waals surface area contributed by atoms with E-state index in [1.165, 1.54) is 13.8 Å². The smallest absolute Gasteiger partial charge is 0.308 e. The molecule has 2 aromatic rings. The van der Waals surface area contributed by atoms with Crippen LogP contribution in [0.5, 0.6) is 11.5 Å². The fourth-order valence-electron chi connectivity index (χ4n) is 4.36. The summed E-state index contributed by atoms with van der Waals surface area (Å²) in [7, 11) is 0. The van der Waals surface area contributed by atoms with Gasteiger partial charge in [-0.2, -0.15) is 0 Å². The molecule has 0 aromatic heterocycles. The molecule has 0 spiro atoms. The fourth-order valence-corrected chi connectivity index (χ4v) is 4.36. The lowest BCUT2D eigenvalue weighted by Crippen LogP contribution is -2.24. The second kappa shape index (κ2) is 9.38. The zero-order chi connectivity index (χ0) is 22.7. The molecule has 0 saturated carbocycles. The van der Waals surface area contributed by atoms with E-state index in [2.05, 4.69) is 24.3 Å². The molecule has 31 heavy (non-hydrogen) atoms. The van der Waals surface area contributed by atoms with Crippen LogP contribution in [0.15, 0.2) is 36.6 Å². The zero-order valence-corrected chi connectivity index (χ0v) is 19.1. The molecule has 1 aliphatic rings. The van der Waals surface area contributed by atoms with Crippen molar-refractivity contribution in [2.24, 2.45) is 0 Å². The number of hydrogen-bond acceptors (Lipinski definition) is 5. The Bertz CT molecular complexity index is 917. The summed E-state index contributed by atoms with van der Waals surface area (Å²) < 4.78 is 16.9. The largest absolute Gasteiger partial charge is 0.497 e. The predicted molar refractivity (Wildman–Crippen MR) is 120 cm³/mol. The number of hydrogen-bond donors (Lipinski definition) is 0. The minimum atomic E-state index is -0.330. The standard InChI is InChI=1S/C26H30O5/c1-15-11-21(12-16(2)25(15)30-19(5)27)24(23-9-7-8-10-29-23)22-13-17(3)26(18(4)14-22)31-20(6)28/h8,10-14,23-24H,7,9H2,1-6H3. The van der Waals surface area contributed by atoms with Crippen molar-refractivity contribution in [2.45, 2.75) is 66.4 Å².